The Hall–Kier alpha value is -1.75. The quantitative estimate of drug-likeness (QED) is 0.837. The van der Waals surface area contributed by atoms with E-state index in [1.165, 1.54) is 0 Å². The van der Waals surface area contributed by atoms with Crippen LogP contribution >= 0.6 is 0 Å². The van der Waals surface area contributed by atoms with Crippen LogP contribution in [0.2, 0.25) is 0 Å². The Kier molecular flexibility index (Phi) is 6.03. The minimum absolute atomic E-state index is 0.0452. The van der Waals surface area contributed by atoms with Gasteiger partial charge < -0.3 is 20.1 Å². The van der Waals surface area contributed by atoms with Gasteiger partial charge in [0.1, 0.15) is 11.5 Å². The van der Waals surface area contributed by atoms with Crippen molar-refractivity contribution >= 4 is 5.91 Å². The molecule has 0 saturated heterocycles. The van der Waals surface area contributed by atoms with Gasteiger partial charge in [0, 0.05) is 24.7 Å². The van der Waals surface area contributed by atoms with Crippen LogP contribution in [-0.2, 0) is 0 Å². The molecule has 21 heavy (non-hydrogen) atoms. The predicted octanol–water partition coefficient (Wildman–Crippen LogP) is 2.15. The zero-order chi connectivity index (χ0) is 16.0. The summed E-state index contributed by atoms with van der Waals surface area (Å²) in [5.41, 5.74) is 6.20. The van der Waals surface area contributed by atoms with Crippen molar-refractivity contribution in [2.75, 3.05) is 33.9 Å². The molecule has 1 rings (SSSR count). The van der Waals surface area contributed by atoms with E-state index in [-0.39, 0.29) is 11.3 Å². The van der Waals surface area contributed by atoms with Gasteiger partial charge in [0.15, 0.2) is 0 Å². The molecule has 0 atom stereocenters. The van der Waals surface area contributed by atoms with Crippen molar-refractivity contribution < 1.29 is 14.3 Å². The number of methoxy groups -OCH3 is 2. The van der Waals surface area contributed by atoms with E-state index in [0.717, 1.165) is 0 Å². The number of ether oxygens (including phenoxy) is 2. The normalized spacial score (nSPS) is 11.1. The molecule has 2 N–H and O–H groups in total. The van der Waals surface area contributed by atoms with Gasteiger partial charge in [0.2, 0.25) is 0 Å². The van der Waals surface area contributed by atoms with Crippen LogP contribution in [0.5, 0.6) is 11.5 Å². The van der Waals surface area contributed by atoms with Gasteiger partial charge in [-0.3, -0.25) is 4.79 Å². The molecule has 5 nitrogen and oxygen atoms in total. The maximum atomic E-state index is 12.7. The van der Waals surface area contributed by atoms with Gasteiger partial charge in [-0.15, -0.1) is 0 Å². The fraction of sp³-hybridized carbons (Fsp3) is 0.562. The second-order valence-corrected chi connectivity index (χ2v) is 5.79. The van der Waals surface area contributed by atoms with Crippen LogP contribution in [0.15, 0.2) is 18.2 Å². The average Bonchev–Trinajstić information content (AvgIpc) is 2.51. The highest BCUT2D eigenvalue weighted by Gasteiger charge is 2.24. The largest absolute Gasteiger partial charge is 0.497 e. The van der Waals surface area contributed by atoms with Crippen LogP contribution in [0.3, 0.4) is 0 Å². The van der Waals surface area contributed by atoms with Crippen LogP contribution in [0.25, 0.3) is 0 Å². The molecular weight excluding hydrogens is 268 g/mol. The van der Waals surface area contributed by atoms with Crippen molar-refractivity contribution in [3.05, 3.63) is 23.8 Å². The zero-order valence-electron chi connectivity index (χ0n) is 13.6. The van der Waals surface area contributed by atoms with Gasteiger partial charge in [-0.05, 0) is 31.0 Å². The Morgan fingerprint density at radius 2 is 1.71 bits per heavy atom. The fourth-order valence-corrected chi connectivity index (χ4v) is 2.02. The van der Waals surface area contributed by atoms with E-state index in [1.807, 2.05) is 6.92 Å². The molecule has 1 aromatic rings. The highest BCUT2D eigenvalue weighted by atomic mass is 16.5. The van der Waals surface area contributed by atoms with Gasteiger partial charge in [-0.1, -0.05) is 13.8 Å². The topological polar surface area (TPSA) is 64.8 Å². The van der Waals surface area contributed by atoms with E-state index >= 15 is 0 Å². The molecule has 118 valence electrons. The number of carbonyl (C=O) groups excluding carboxylic acids is 1. The first kappa shape index (κ1) is 17.3. The lowest BCUT2D eigenvalue weighted by Gasteiger charge is -2.31. The molecule has 1 amide bonds. The number of amides is 1. The Morgan fingerprint density at radius 3 is 2.10 bits per heavy atom. The average molecular weight is 294 g/mol. The van der Waals surface area contributed by atoms with Gasteiger partial charge >= 0.3 is 0 Å². The number of rotatable bonds is 7. The summed E-state index contributed by atoms with van der Waals surface area (Å²) >= 11 is 0. The molecule has 0 aliphatic rings. The molecule has 0 aromatic heterocycles. The molecule has 0 radical (unpaired) electrons. The SMILES string of the molecule is CCN(CC(C)(C)CN)C(=O)c1cc(OC)cc(OC)c1. The van der Waals surface area contributed by atoms with Crippen LogP contribution < -0.4 is 15.2 Å². The summed E-state index contributed by atoms with van der Waals surface area (Å²) in [6.07, 6.45) is 0. The lowest BCUT2D eigenvalue weighted by atomic mass is 9.93. The molecule has 0 spiro atoms. The molecule has 0 saturated carbocycles. The zero-order valence-corrected chi connectivity index (χ0v) is 13.6. The van der Waals surface area contributed by atoms with Crippen molar-refractivity contribution in [2.24, 2.45) is 11.1 Å². The van der Waals surface area contributed by atoms with Crippen LogP contribution in [-0.4, -0.2) is 44.7 Å². The first-order valence-corrected chi connectivity index (χ1v) is 7.09. The van der Waals surface area contributed by atoms with Crippen molar-refractivity contribution in [3.8, 4) is 11.5 Å². The monoisotopic (exact) mass is 294 g/mol. The molecule has 0 aliphatic heterocycles. The van der Waals surface area contributed by atoms with E-state index < -0.39 is 0 Å². The molecular formula is C16H26N2O3. The van der Waals surface area contributed by atoms with E-state index in [2.05, 4.69) is 13.8 Å². The van der Waals surface area contributed by atoms with Gasteiger partial charge in [-0.2, -0.15) is 0 Å². The summed E-state index contributed by atoms with van der Waals surface area (Å²) in [5.74, 6) is 1.16. The molecule has 0 heterocycles. The number of hydrogen-bond donors (Lipinski definition) is 1. The summed E-state index contributed by atoms with van der Waals surface area (Å²) in [7, 11) is 3.14. The van der Waals surface area contributed by atoms with Crippen molar-refractivity contribution in [2.45, 2.75) is 20.8 Å². The number of nitrogens with zero attached hydrogens (tertiary/aromatic N) is 1. The number of nitrogens with two attached hydrogens (primary N) is 1. The first-order chi connectivity index (χ1) is 9.86. The van der Waals surface area contributed by atoms with Gasteiger partial charge in [0.05, 0.1) is 14.2 Å². The van der Waals surface area contributed by atoms with E-state index in [0.29, 0.717) is 36.7 Å². The highest BCUT2D eigenvalue weighted by molar-refractivity contribution is 5.95. The smallest absolute Gasteiger partial charge is 0.254 e. The van der Waals surface area contributed by atoms with E-state index in [4.69, 9.17) is 15.2 Å². The van der Waals surface area contributed by atoms with Crippen LogP contribution in [0.4, 0.5) is 0 Å². The third-order valence-corrected chi connectivity index (χ3v) is 3.44. The summed E-state index contributed by atoms with van der Waals surface area (Å²) in [4.78, 5) is 14.5. The second kappa shape index (κ2) is 7.31. The number of benzene rings is 1. The third-order valence-electron chi connectivity index (χ3n) is 3.44. The van der Waals surface area contributed by atoms with Crippen LogP contribution in [0.1, 0.15) is 31.1 Å². The third kappa shape index (κ3) is 4.63. The lowest BCUT2D eigenvalue weighted by molar-refractivity contribution is 0.0700. The lowest BCUT2D eigenvalue weighted by Crippen LogP contribution is -2.42. The fourth-order valence-electron chi connectivity index (χ4n) is 2.02. The highest BCUT2D eigenvalue weighted by Crippen LogP contribution is 2.24. The maximum absolute atomic E-state index is 12.7. The molecule has 0 unspecified atom stereocenters. The molecule has 5 heteroatoms. The van der Waals surface area contributed by atoms with Crippen molar-refractivity contribution in [3.63, 3.8) is 0 Å². The first-order valence-electron chi connectivity index (χ1n) is 7.09. The Labute approximate surface area is 127 Å². The van der Waals surface area contributed by atoms with Crippen molar-refractivity contribution in [1.29, 1.82) is 0 Å². The predicted molar refractivity (Wildman–Crippen MR) is 84.0 cm³/mol. The summed E-state index contributed by atoms with van der Waals surface area (Å²) < 4.78 is 10.4. The minimum atomic E-state index is -0.116. The maximum Gasteiger partial charge on any atom is 0.254 e. The van der Waals surface area contributed by atoms with Gasteiger partial charge in [-0.25, -0.2) is 0 Å². The Balaban J connectivity index is 3.04. The molecule has 0 fully saturated rings. The minimum Gasteiger partial charge on any atom is -0.497 e. The number of carbonyl (C=O) groups is 1. The summed E-state index contributed by atoms with van der Waals surface area (Å²) in [6.45, 7) is 7.82. The number of hydrogen-bond acceptors (Lipinski definition) is 4. The van der Waals surface area contributed by atoms with E-state index in [9.17, 15) is 4.79 Å². The second-order valence-electron chi connectivity index (χ2n) is 5.79. The molecule has 0 bridgehead atoms. The standard InChI is InChI=1S/C16H26N2O3/c1-6-18(11-16(2,3)10-17)15(19)12-7-13(20-4)9-14(8-12)21-5/h7-9H,6,10-11,17H2,1-5H3. The summed E-state index contributed by atoms with van der Waals surface area (Å²) in [6, 6.07) is 5.20. The Morgan fingerprint density at radius 1 is 1.19 bits per heavy atom. The molecule has 0 aliphatic carbocycles. The Bertz CT molecular complexity index is 464. The van der Waals surface area contributed by atoms with E-state index in [1.54, 1.807) is 37.3 Å². The van der Waals surface area contributed by atoms with Gasteiger partial charge in [0.25, 0.3) is 5.91 Å². The van der Waals surface area contributed by atoms with Crippen LogP contribution in [0, 0.1) is 5.41 Å². The molecule has 1 aromatic carbocycles. The summed E-state index contributed by atoms with van der Waals surface area (Å²) in [5, 5.41) is 0. The van der Waals surface area contributed by atoms with Crippen molar-refractivity contribution in [1.82, 2.24) is 4.90 Å².